The van der Waals surface area contributed by atoms with E-state index in [0.717, 1.165) is 16.9 Å². The second-order valence-corrected chi connectivity index (χ2v) is 7.44. The van der Waals surface area contributed by atoms with Crippen LogP contribution in [0, 0.1) is 12.7 Å². The third-order valence-electron chi connectivity index (χ3n) is 3.65. The fraction of sp³-hybridized carbons (Fsp3) is 0.158. The van der Waals surface area contributed by atoms with Gasteiger partial charge in [0.2, 0.25) is 0 Å². The van der Waals surface area contributed by atoms with Crippen LogP contribution in [0.25, 0.3) is 10.6 Å². The zero-order chi connectivity index (χ0) is 18.7. The number of nitrogens with zero attached hydrogens (tertiary/aromatic N) is 1. The molecule has 0 unspecified atom stereocenters. The van der Waals surface area contributed by atoms with Crippen LogP contribution in [0.3, 0.4) is 0 Å². The van der Waals surface area contributed by atoms with E-state index in [0.29, 0.717) is 19.9 Å². The molecule has 3 aromatic rings. The van der Waals surface area contributed by atoms with Gasteiger partial charge in [-0.1, -0.05) is 0 Å². The third-order valence-corrected chi connectivity index (χ3v) is 5.25. The summed E-state index contributed by atoms with van der Waals surface area (Å²) in [5.41, 5.74) is 2.08. The molecule has 134 valence electrons. The molecule has 0 saturated heterocycles. The van der Waals surface area contributed by atoms with Crippen molar-refractivity contribution in [1.29, 1.82) is 0 Å². The number of halogens is 2. The molecular weight excluding hydrogens is 421 g/mol. The van der Waals surface area contributed by atoms with Crippen molar-refractivity contribution < 1.29 is 18.7 Å². The Hall–Kier alpha value is -2.25. The van der Waals surface area contributed by atoms with Gasteiger partial charge in [-0.3, -0.25) is 0 Å². The van der Waals surface area contributed by atoms with E-state index >= 15 is 0 Å². The number of benzene rings is 2. The number of aryl methyl sites for hydroxylation is 1. The van der Waals surface area contributed by atoms with Gasteiger partial charge in [0.1, 0.15) is 28.1 Å². The van der Waals surface area contributed by atoms with Gasteiger partial charge in [-0.25, -0.2) is 14.2 Å². The number of esters is 1. The number of hydrogen-bond donors (Lipinski definition) is 0. The zero-order valence-corrected chi connectivity index (χ0v) is 16.5. The molecule has 0 atom stereocenters. The van der Waals surface area contributed by atoms with Gasteiger partial charge in [-0.2, -0.15) is 0 Å². The number of carbonyl (C=O) groups is 1. The van der Waals surface area contributed by atoms with Crippen LogP contribution in [0.2, 0.25) is 0 Å². The molecule has 3 rings (SSSR count). The summed E-state index contributed by atoms with van der Waals surface area (Å²) in [5, 5.41) is 0.698. The first-order valence-corrected chi connectivity index (χ1v) is 9.31. The van der Waals surface area contributed by atoms with E-state index in [1.807, 2.05) is 31.2 Å². The Morgan fingerprint density at radius 2 is 2.00 bits per heavy atom. The molecule has 0 aliphatic carbocycles. The summed E-state index contributed by atoms with van der Waals surface area (Å²) in [6.07, 6.45) is 1.47. The average molecular weight is 436 g/mol. The molecule has 0 fully saturated rings. The molecule has 0 spiro atoms. The number of thiazole rings is 1. The molecule has 0 N–H and O–H groups in total. The number of methoxy groups -OCH3 is 1. The Labute approximate surface area is 162 Å². The van der Waals surface area contributed by atoms with Gasteiger partial charge in [0.15, 0.2) is 0 Å². The number of rotatable bonds is 5. The van der Waals surface area contributed by atoms with E-state index in [9.17, 15) is 9.18 Å². The summed E-state index contributed by atoms with van der Waals surface area (Å²) in [6.45, 7) is 1.71. The summed E-state index contributed by atoms with van der Waals surface area (Å²) in [7, 11) is 1.60. The second kappa shape index (κ2) is 7.97. The van der Waals surface area contributed by atoms with Crippen LogP contribution < -0.4 is 4.74 Å². The van der Waals surface area contributed by atoms with Gasteiger partial charge < -0.3 is 9.47 Å². The number of ether oxygens (including phenoxy) is 2. The van der Waals surface area contributed by atoms with Gasteiger partial charge in [-0.15, -0.1) is 11.3 Å². The van der Waals surface area contributed by atoms with E-state index in [1.165, 1.54) is 17.5 Å². The van der Waals surface area contributed by atoms with Gasteiger partial charge in [-0.05, 0) is 64.8 Å². The molecule has 26 heavy (non-hydrogen) atoms. The molecule has 0 amide bonds. The van der Waals surface area contributed by atoms with Crippen LogP contribution in [-0.2, 0) is 11.3 Å². The molecule has 0 aliphatic rings. The second-order valence-electron chi connectivity index (χ2n) is 5.55. The maximum atomic E-state index is 14.1. The SMILES string of the molecule is COc1ccc(-c2ncc(C(=O)OCc3cc(C)cc(Br)c3F)s2)cc1. The van der Waals surface area contributed by atoms with E-state index in [4.69, 9.17) is 9.47 Å². The number of aromatic nitrogens is 1. The molecule has 1 aromatic heterocycles. The molecule has 0 radical (unpaired) electrons. The lowest BCUT2D eigenvalue weighted by atomic mass is 10.1. The molecule has 4 nitrogen and oxygen atoms in total. The maximum Gasteiger partial charge on any atom is 0.350 e. The Morgan fingerprint density at radius 3 is 2.69 bits per heavy atom. The predicted molar refractivity (Wildman–Crippen MR) is 102 cm³/mol. The smallest absolute Gasteiger partial charge is 0.350 e. The first-order valence-electron chi connectivity index (χ1n) is 7.70. The van der Waals surface area contributed by atoms with Gasteiger partial charge in [0, 0.05) is 11.1 Å². The van der Waals surface area contributed by atoms with Crippen LogP contribution in [-0.4, -0.2) is 18.1 Å². The maximum absolute atomic E-state index is 14.1. The normalized spacial score (nSPS) is 10.6. The van der Waals surface area contributed by atoms with Gasteiger partial charge >= 0.3 is 5.97 Å². The van der Waals surface area contributed by atoms with Crippen molar-refractivity contribution in [3.05, 3.63) is 68.9 Å². The summed E-state index contributed by atoms with van der Waals surface area (Å²) in [4.78, 5) is 16.9. The Balaban J connectivity index is 1.70. The quantitative estimate of drug-likeness (QED) is 0.504. The first-order chi connectivity index (χ1) is 12.5. The van der Waals surface area contributed by atoms with Gasteiger partial charge in [0.05, 0.1) is 17.8 Å². The molecular formula is C19H15BrFNO3S. The van der Waals surface area contributed by atoms with Crippen molar-refractivity contribution in [1.82, 2.24) is 4.98 Å². The first kappa shape index (κ1) is 18.5. The lowest BCUT2D eigenvalue weighted by Crippen LogP contribution is -2.05. The van der Waals surface area contributed by atoms with Crippen LogP contribution in [0.5, 0.6) is 5.75 Å². The van der Waals surface area contributed by atoms with Crippen molar-refractivity contribution in [2.45, 2.75) is 13.5 Å². The Kier molecular flexibility index (Phi) is 5.68. The summed E-state index contributed by atoms with van der Waals surface area (Å²) < 4.78 is 24.8. The third kappa shape index (κ3) is 4.11. The molecule has 0 bridgehead atoms. The molecule has 7 heteroatoms. The molecule has 2 aromatic carbocycles. The van der Waals surface area contributed by atoms with Gasteiger partial charge in [0.25, 0.3) is 0 Å². The van der Waals surface area contributed by atoms with E-state index < -0.39 is 11.8 Å². The highest BCUT2D eigenvalue weighted by Gasteiger charge is 2.15. The molecule has 0 saturated carbocycles. The van der Waals surface area contributed by atoms with E-state index in [1.54, 1.807) is 19.2 Å². The fourth-order valence-corrected chi connectivity index (χ4v) is 3.78. The minimum absolute atomic E-state index is 0.138. The summed E-state index contributed by atoms with van der Waals surface area (Å²) in [5.74, 6) is -0.206. The van der Waals surface area contributed by atoms with Crippen molar-refractivity contribution in [3.8, 4) is 16.3 Å². The minimum atomic E-state index is -0.528. The standard InChI is InChI=1S/C19H15BrFNO3S/c1-11-7-13(17(21)15(20)8-11)10-25-19(23)16-9-22-18(26-16)12-3-5-14(24-2)6-4-12/h3-9H,10H2,1-2H3. The lowest BCUT2D eigenvalue weighted by Gasteiger charge is -2.07. The number of carbonyl (C=O) groups excluding carboxylic acids is 1. The Morgan fingerprint density at radius 1 is 1.27 bits per heavy atom. The summed E-state index contributed by atoms with van der Waals surface area (Å²) >= 11 is 4.38. The van der Waals surface area contributed by atoms with Crippen LogP contribution >= 0.6 is 27.3 Å². The highest BCUT2D eigenvalue weighted by atomic mass is 79.9. The van der Waals surface area contributed by atoms with E-state index in [2.05, 4.69) is 20.9 Å². The fourth-order valence-electron chi connectivity index (χ4n) is 2.35. The topological polar surface area (TPSA) is 48.4 Å². The van der Waals surface area contributed by atoms with Crippen LogP contribution in [0.1, 0.15) is 20.8 Å². The van der Waals surface area contributed by atoms with Crippen LogP contribution in [0.4, 0.5) is 4.39 Å². The summed E-state index contributed by atoms with van der Waals surface area (Å²) in [6, 6.07) is 10.7. The zero-order valence-electron chi connectivity index (χ0n) is 14.1. The number of hydrogen-bond acceptors (Lipinski definition) is 5. The average Bonchev–Trinajstić information content (AvgIpc) is 3.13. The monoisotopic (exact) mass is 435 g/mol. The predicted octanol–water partition coefficient (Wildman–Crippen LogP) is 5.39. The van der Waals surface area contributed by atoms with Crippen molar-refractivity contribution in [3.63, 3.8) is 0 Å². The molecule has 0 aliphatic heterocycles. The largest absolute Gasteiger partial charge is 0.497 e. The highest BCUT2D eigenvalue weighted by Crippen LogP contribution is 2.28. The minimum Gasteiger partial charge on any atom is -0.497 e. The molecule has 1 heterocycles. The lowest BCUT2D eigenvalue weighted by molar-refractivity contribution is 0.0474. The van der Waals surface area contributed by atoms with Crippen molar-refractivity contribution in [2.24, 2.45) is 0 Å². The van der Waals surface area contributed by atoms with Crippen LogP contribution in [0.15, 0.2) is 47.1 Å². The van der Waals surface area contributed by atoms with Crippen molar-refractivity contribution >= 4 is 33.2 Å². The Bertz CT molecular complexity index is 940. The van der Waals surface area contributed by atoms with Crippen molar-refractivity contribution in [2.75, 3.05) is 7.11 Å². The highest BCUT2D eigenvalue weighted by molar-refractivity contribution is 9.10. The van der Waals surface area contributed by atoms with E-state index in [-0.39, 0.29) is 6.61 Å².